The van der Waals surface area contributed by atoms with Gasteiger partial charge in [0.15, 0.2) is 5.96 Å². The first-order chi connectivity index (χ1) is 11.2. The molecule has 0 radical (unpaired) electrons. The van der Waals surface area contributed by atoms with E-state index < -0.39 is 0 Å². The fourth-order valence-corrected chi connectivity index (χ4v) is 2.84. The Labute approximate surface area is 163 Å². The minimum atomic E-state index is 0. The Morgan fingerprint density at radius 2 is 2.08 bits per heavy atom. The highest BCUT2D eigenvalue weighted by atomic mass is 127. The van der Waals surface area contributed by atoms with E-state index in [0.717, 1.165) is 30.7 Å². The summed E-state index contributed by atoms with van der Waals surface area (Å²) < 4.78 is 0. The van der Waals surface area contributed by atoms with Crippen LogP contribution in [-0.2, 0) is 6.54 Å². The zero-order valence-electron chi connectivity index (χ0n) is 15.2. The van der Waals surface area contributed by atoms with E-state index in [0.29, 0.717) is 12.6 Å². The maximum atomic E-state index is 4.63. The van der Waals surface area contributed by atoms with Crippen LogP contribution in [0.25, 0.3) is 0 Å². The van der Waals surface area contributed by atoms with Crippen LogP contribution in [0.4, 0.5) is 0 Å². The standard InChI is InChI=1S/C18H31N5.HI/c1-4-19-18(22-14-17-7-5-6-10-20-17)21-13-16(3)23-11-8-15(2)9-12-23;/h5-7,10,15-16H,4,8-9,11-14H2,1-3H3,(H2,19,21,22);1H. The van der Waals surface area contributed by atoms with Crippen LogP contribution >= 0.6 is 24.0 Å². The molecule has 1 aliphatic rings. The minimum absolute atomic E-state index is 0. The molecule has 0 aromatic carbocycles. The molecule has 0 spiro atoms. The number of hydrogen-bond acceptors (Lipinski definition) is 3. The van der Waals surface area contributed by atoms with Gasteiger partial charge in [-0.25, -0.2) is 4.99 Å². The normalized spacial score (nSPS) is 17.9. The van der Waals surface area contributed by atoms with Crippen molar-refractivity contribution in [3.05, 3.63) is 30.1 Å². The molecule has 1 fully saturated rings. The molecule has 0 amide bonds. The van der Waals surface area contributed by atoms with Crippen LogP contribution < -0.4 is 10.6 Å². The van der Waals surface area contributed by atoms with Gasteiger partial charge in [-0.2, -0.15) is 0 Å². The highest BCUT2D eigenvalue weighted by molar-refractivity contribution is 14.0. The lowest BCUT2D eigenvalue weighted by atomic mass is 9.98. The van der Waals surface area contributed by atoms with Crippen molar-refractivity contribution in [2.45, 2.75) is 46.2 Å². The van der Waals surface area contributed by atoms with E-state index in [1.165, 1.54) is 25.9 Å². The first-order valence-corrected chi connectivity index (χ1v) is 8.85. The van der Waals surface area contributed by atoms with Gasteiger partial charge in [0, 0.05) is 25.3 Å². The Hall–Kier alpha value is -0.890. The number of aliphatic imine (C=N–C) groups is 1. The Morgan fingerprint density at radius 1 is 1.33 bits per heavy atom. The van der Waals surface area contributed by atoms with Crippen LogP contribution in [0.2, 0.25) is 0 Å². The van der Waals surface area contributed by atoms with E-state index in [4.69, 9.17) is 0 Å². The van der Waals surface area contributed by atoms with Gasteiger partial charge >= 0.3 is 0 Å². The molecule has 0 aliphatic carbocycles. The van der Waals surface area contributed by atoms with E-state index in [2.05, 4.69) is 46.3 Å². The van der Waals surface area contributed by atoms with Crippen molar-refractivity contribution in [3.8, 4) is 0 Å². The molecule has 2 N–H and O–H groups in total. The van der Waals surface area contributed by atoms with Crippen molar-refractivity contribution in [2.75, 3.05) is 26.2 Å². The number of piperidine rings is 1. The van der Waals surface area contributed by atoms with Crippen LogP contribution in [0.1, 0.15) is 39.3 Å². The summed E-state index contributed by atoms with van der Waals surface area (Å²) in [5, 5.41) is 6.78. The molecular weight excluding hydrogens is 413 g/mol. The second-order valence-corrected chi connectivity index (χ2v) is 6.46. The summed E-state index contributed by atoms with van der Waals surface area (Å²) in [4.78, 5) is 11.5. The Balaban J connectivity index is 0.00000288. The van der Waals surface area contributed by atoms with Gasteiger partial charge in [0.2, 0.25) is 0 Å². The van der Waals surface area contributed by atoms with Crippen LogP contribution in [0.3, 0.4) is 0 Å². The van der Waals surface area contributed by atoms with Crippen LogP contribution in [0.5, 0.6) is 0 Å². The van der Waals surface area contributed by atoms with Gasteiger partial charge in [-0.05, 0) is 57.8 Å². The van der Waals surface area contributed by atoms with Gasteiger partial charge in [-0.15, -0.1) is 24.0 Å². The van der Waals surface area contributed by atoms with Gasteiger partial charge < -0.3 is 10.6 Å². The number of pyridine rings is 1. The number of hydrogen-bond donors (Lipinski definition) is 2. The highest BCUT2D eigenvalue weighted by Gasteiger charge is 2.20. The summed E-state index contributed by atoms with van der Waals surface area (Å²) in [5.41, 5.74) is 0.989. The number of nitrogens with zero attached hydrogens (tertiary/aromatic N) is 3. The molecule has 5 nitrogen and oxygen atoms in total. The minimum Gasteiger partial charge on any atom is -0.357 e. The molecule has 1 atom stereocenters. The number of aromatic nitrogens is 1. The third-order valence-electron chi connectivity index (χ3n) is 4.48. The first kappa shape index (κ1) is 21.2. The van der Waals surface area contributed by atoms with Crippen LogP contribution in [0, 0.1) is 5.92 Å². The molecule has 1 aliphatic heterocycles. The Bertz CT molecular complexity index is 472. The molecule has 1 saturated heterocycles. The summed E-state index contributed by atoms with van der Waals surface area (Å²) in [6.07, 6.45) is 4.45. The quantitative estimate of drug-likeness (QED) is 0.402. The summed E-state index contributed by atoms with van der Waals surface area (Å²) in [6, 6.07) is 6.46. The van der Waals surface area contributed by atoms with E-state index in [1.807, 2.05) is 24.4 Å². The average molecular weight is 445 g/mol. The van der Waals surface area contributed by atoms with Crippen molar-refractivity contribution in [2.24, 2.45) is 10.9 Å². The second kappa shape index (κ2) is 11.6. The third kappa shape index (κ3) is 7.34. The van der Waals surface area contributed by atoms with E-state index in [-0.39, 0.29) is 24.0 Å². The monoisotopic (exact) mass is 445 g/mol. The predicted molar refractivity (Wildman–Crippen MR) is 112 cm³/mol. The fourth-order valence-electron chi connectivity index (χ4n) is 2.84. The van der Waals surface area contributed by atoms with Gasteiger partial charge in [0.05, 0.1) is 12.2 Å². The SMILES string of the molecule is CCNC(=NCc1ccccn1)NCC(C)N1CCC(C)CC1.I. The largest absolute Gasteiger partial charge is 0.357 e. The maximum absolute atomic E-state index is 4.63. The summed E-state index contributed by atoms with van der Waals surface area (Å²) >= 11 is 0. The van der Waals surface area contributed by atoms with Crippen molar-refractivity contribution in [3.63, 3.8) is 0 Å². The lowest BCUT2D eigenvalue weighted by molar-refractivity contribution is 0.147. The molecule has 6 heteroatoms. The van der Waals surface area contributed by atoms with E-state index in [9.17, 15) is 0 Å². The van der Waals surface area contributed by atoms with E-state index >= 15 is 0 Å². The van der Waals surface area contributed by atoms with Crippen LogP contribution in [0.15, 0.2) is 29.4 Å². The molecule has 136 valence electrons. The third-order valence-corrected chi connectivity index (χ3v) is 4.48. The Morgan fingerprint density at radius 3 is 2.71 bits per heavy atom. The molecule has 2 rings (SSSR count). The second-order valence-electron chi connectivity index (χ2n) is 6.46. The number of likely N-dealkylation sites (tertiary alicyclic amines) is 1. The van der Waals surface area contributed by atoms with Crippen molar-refractivity contribution >= 4 is 29.9 Å². The predicted octanol–water partition coefficient (Wildman–Crippen LogP) is 2.88. The molecule has 1 aromatic rings. The smallest absolute Gasteiger partial charge is 0.191 e. The molecule has 2 heterocycles. The van der Waals surface area contributed by atoms with E-state index in [1.54, 1.807) is 0 Å². The molecular formula is C18H32IN5. The highest BCUT2D eigenvalue weighted by Crippen LogP contribution is 2.17. The van der Waals surface area contributed by atoms with Crippen molar-refractivity contribution in [1.82, 2.24) is 20.5 Å². The van der Waals surface area contributed by atoms with Gasteiger partial charge in [0.1, 0.15) is 0 Å². The topological polar surface area (TPSA) is 52.6 Å². The van der Waals surface area contributed by atoms with Crippen molar-refractivity contribution in [1.29, 1.82) is 0 Å². The summed E-state index contributed by atoms with van der Waals surface area (Å²) in [6.45, 7) is 11.6. The molecule has 24 heavy (non-hydrogen) atoms. The fraction of sp³-hybridized carbons (Fsp3) is 0.667. The van der Waals surface area contributed by atoms with Crippen molar-refractivity contribution < 1.29 is 0 Å². The average Bonchev–Trinajstić information content (AvgIpc) is 2.58. The zero-order chi connectivity index (χ0) is 16.5. The number of halogens is 1. The molecule has 1 unspecified atom stereocenters. The summed E-state index contributed by atoms with van der Waals surface area (Å²) in [5.74, 6) is 1.75. The van der Waals surface area contributed by atoms with Crippen LogP contribution in [-0.4, -0.2) is 48.1 Å². The molecule has 1 aromatic heterocycles. The number of rotatable bonds is 6. The zero-order valence-corrected chi connectivity index (χ0v) is 17.5. The number of nitrogens with one attached hydrogen (secondary N) is 2. The number of guanidine groups is 1. The Kier molecular flexibility index (Phi) is 10.2. The maximum Gasteiger partial charge on any atom is 0.191 e. The lowest BCUT2D eigenvalue weighted by Crippen LogP contribution is -2.48. The summed E-state index contributed by atoms with van der Waals surface area (Å²) in [7, 11) is 0. The van der Waals surface area contributed by atoms with Gasteiger partial charge in [0.25, 0.3) is 0 Å². The van der Waals surface area contributed by atoms with Gasteiger partial charge in [-0.1, -0.05) is 13.0 Å². The molecule has 0 bridgehead atoms. The van der Waals surface area contributed by atoms with Gasteiger partial charge in [-0.3, -0.25) is 9.88 Å². The lowest BCUT2D eigenvalue weighted by Gasteiger charge is -2.35. The molecule has 0 saturated carbocycles. The first-order valence-electron chi connectivity index (χ1n) is 8.85.